The van der Waals surface area contributed by atoms with E-state index in [0.717, 1.165) is 30.8 Å². The average Bonchev–Trinajstić information content (AvgIpc) is 3.08. The summed E-state index contributed by atoms with van der Waals surface area (Å²) in [5, 5.41) is 13.8. The molecule has 1 aliphatic heterocycles. The van der Waals surface area contributed by atoms with Crippen LogP contribution < -0.4 is 4.74 Å². The predicted molar refractivity (Wildman–Crippen MR) is 77.7 cm³/mol. The van der Waals surface area contributed by atoms with Crippen LogP contribution in [0.4, 0.5) is 0 Å². The summed E-state index contributed by atoms with van der Waals surface area (Å²) in [4.78, 5) is 11.6. The minimum atomic E-state index is -0.940. The first-order valence-electron chi connectivity index (χ1n) is 7.31. The molecule has 0 aromatic carbocycles. The van der Waals surface area contributed by atoms with Crippen molar-refractivity contribution in [2.45, 2.75) is 50.7 Å². The zero-order valence-electron chi connectivity index (χ0n) is 11.5. The Balaban J connectivity index is 1.80. The van der Waals surface area contributed by atoms with Crippen molar-refractivity contribution in [2.24, 2.45) is 0 Å². The average molecular weight is 296 g/mol. The van der Waals surface area contributed by atoms with E-state index >= 15 is 0 Å². The molecule has 1 aromatic heterocycles. The molecule has 6 heteroatoms. The molecular formula is C14H20N2O3S. The first kappa shape index (κ1) is 13.8. The maximum atomic E-state index is 11.6. The Labute approximate surface area is 122 Å². The maximum absolute atomic E-state index is 11.6. The summed E-state index contributed by atoms with van der Waals surface area (Å²) in [6.45, 7) is 0. The summed E-state index contributed by atoms with van der Waals surface area (Å²) >= 11 is 1.85. The van der Waals surface area contributed by atoms with Gasteiger partial charge >= 0.3 is 5.97 Å². The molecule has 110 valence electrons. The van der Waals surface area contributed by atoms with Crippen LogP contribution in [0.15, 0.2) is 6.20 Å². The quantitative estimate of drug-likeness (QED) is 0.925. The first-order valence-corrected chi connectivity index (χ1v) is 8.46. The molecule has 5 nitrogen and oxygen atoms in total. The van der Waals surface area contributed by atoms with Crippen molar-refractivity contribution in [3.8, 4) is 5.75 Å². The van der Waals surface area contributed by atoms with E-state index in [2.05, 4.69) is 5.10 Å². The van der Waals surface area contributed by atoms with Crippen LogP contribution in [0.1, 0.15) is 55.1 Å². The Kier molecular flexibility index (Phi) is 4.19. The molecule has 0 amide bonds. The molecule has 1 aliphatic carbocycles. The van der Waals surface area contributed by atoms with Gasteiger partial charge in [-0.15, -0.1) is 0 Å². The number of ether oxygens (including phenoxy) is 1. The fourth-order valence-corrected chi connectivity index (χ4v) is 4.18. The molecule has 1 unspecified atom stereocenters. The molecule has 2 aliphatic rings. The molecule has 2 heterocycles. The number of carboxylic acids is 1. The molecule has 0 bridgehead atoms. The summed E-state index contributed by atoms with van der Waals surface area (Å²) in [7, 11) is 0. The monoisotopic (exact) mass is 296 g/mol. The number of hydrogen-bond acceptors (Lipinski definition) is 4. The molecule has 1 N–H and O–H groups in total. The molecule has 3 rings (SSSR count). The van der Waals surface area contributed by atoms with Gasteiger partial charge in [0, 0.05) is 5.75 Å². The lowest BCUT2D eigenvalue weighted by atomic mass is 9.98. The molecule has 1 saturated carbocycles. The van der Waals surface area contributed by atoms with Crippen LogP contribution in [0.3, 0.4) is 0 Å². The van der Waals surface area contributed by atoms with Gasteiger partial charge in [-0.2, -0.15) is 16.9 Å². The van der Waals surface area contributed by atoms with E-state index in [1.165, 1.54) is 19.3 Å². The van der Waals surface area contributed by atoms with Crippen LogP contribution in [0.5, 0.6) is 5.75 Å². The van der Waals surface area contributed by atoms with Crippen LogP contribution in [0.2, 0.25) is 0 Å². The third-order valence-electron chi connectivity index (χ3n) is 4.06. The highest BCUT2D eigenvalue weighted by molar-refractivity contribution is 7.99. The normalized spacial score (nSPS) is 23.9. The van der Waals surface area contributed by atoms with Gasteiger partial charge in [0.2, 0.25) is 0 Å². The highest BCUT2D eigenvalue weighted by atomic mass is 32.2. The summed E-state index contributed by atoms with van der Waals surface area (Å²) < 4.78 is 7.57. The van der Waals surface area contributed by atoms with Gasteiger partial charge < -0.3 is 9.84 Å². The fraction of sp³-hybridized carbons (Fsp3) is 0.714. The minimum absolute atomic E-state index is 0.150. The smallest absolute Gasteiger partial charge is 0.358 e. The zero-order chi connectivity index (χ0) is 13.9. The SMILES string of the molecule is O=C(O)c1c(OC2CCCCC2)cnn1C1CCSC1. The van der Waals surface area contributed by atoms with Crippen molar-refractivity contribution in [1.82, 2.24) is 9.78 Å². The molecule has 1 saturated heterocycles. The van der Waals surface area contributed by atoms with Crippen LogP contribution >= 0.6 is 11.8 Å². The van der Waals surface area contributed by atoms with Crippen LogP contribution in [0, 0.1) is 0 Å². The van der Waals surface area contributed by atoms with E-state index in [1.807, 2.05) is 11.8 Å². The predicted octanol–water partition coefficient (Wildman–Crippen LogP) is 2.97. The maximum Gasteiger partial charge on any atom is 0.358 e. The van der Waals surface area contributed by atoms with E-state index < -0.39 is 5.97 Å². The zero-order valence-corrected chi connectivity index (χ0v) is 12.3. The standard InChI is InChI=1S/C14H20N2O3S/c17-14(18)13-12(19-11-4-2-1-3-5-11)8-15-16(13)10-6-7-20-9-10/h8,10-11H,1-7,9H2,(H,17,18). The van der Waals surface area contributed by atoms with Gasteiger partial charge in [0.1, 0.15) is 0 Å². The van der Waals surface area contributed by atoms with E-state index in [1.54, 1.807) is 10.9 Å². The lowest BCUT2D eigenvalue weighted by Gasteiger charge is -2.22. The van der Waals surface area contributed by atoms with Gasteiger partial charge in [-0.25, -0.2) is 4.79 Å². The van der Waals surface area contributed by atoms with E-state index in [-0.39, 0.29) is 17.8 Å². The third kappa shape index (κ3) is 2.80. The lowest BCUT2D eigenvalue weighted by Crippen LogP contribution is -2.22. The van der Waals surface area contributed by atoms with Crippen molar-refractivity contribution >= 4 is 17.7 Å². The fourth-order valence-electron chi connectivity index (χ4n) is 2.99. The Morgan fingerprint density at radius 3 is 2.80 bits per heavy atom. The van der Waals surface area contributed by atoms with Crippen LogP contribution in [-0.2, 0) is 0 Å². The highest BCUT2D eigenvalue weighted by Gasteiger charge is 2.28. The number of aromatic nitrogens is 2. The second-order valence-corrected chi connectivity index (χ2v) is 6.65. The second-order valence-electron chi connectivity index (χ2n) is 5.50. The van der Waals surface area contributed by atoms with Crippen molar-refractivity contribution in [3.05, 3.63) is 11.9 Å². The topological polar surface area (TPSA) is 64.3 Å². The van der Waals surface area contributed by atoms with Crippen molar-refractivity contribution < 1.29 is 14.6 Å². The number of aromatic carboxylic acids is 1. The minimum Gasteiger partial charge on any atom is -0.486 e. The number of carbonyl (C=O) groups is 1. The van der Waals surface area contributed by atoms with Crippen molar-refractivity contribution in [2.75, 3.05) is 11.5 Å². The number of carboxylic acid groups (broad SMARTS) is 1. The molecule has 1 aromatic rings. The van der Waals surface area contributed by atoms with Gasteiger partial charge in [-0.3, -0.25) is 4.68 Å². The number of nitrogens with zero attached hydrogens (tertiary/aromatic N) is 2. The first-order chi connectivity index (χ1) is 9.75. The number of hydrogen-bond donors (Lipinski definition) is 1. The summed E-state index contributed by atoms with van der Waals surface area (Å²) in [5.74, 6) is 1.51. The Morgan fingerprint density at radius 2 is 2.15 bits per heavy atom. The second kappa shape index (κ2) is 6.08. The van der Waals surface area contributed by atoms with E-state index in [9.17, 15) is 9.90 Å². The largest absolute Gasteiger partial charge is 0.486 e. The van der Waals surface area contributed by atoms with Crippen molar-refractivity contribution in [3.63, 3.8) is 0 Å². The van der Waals surface area contributed by atoms with Crippen LogP contribution in [0.25, 0.3) is 0 Å². The van der Waals surface area contributed by atoms with Crippen molar-refractivity contribution in [1.29, 1.82) is 0 Å². The molecule has 2 fully saturated rings. The molecule has 0 radical (unpaired) electrons. The Bertz CT molecular complexity index is 477. The van der Waals surface area contributed by atoms with Crippen LogP contribution in [-0.4, -0.2) is 38.5 Å². The number of rotatable bonds is 4. The number of thioether (sulfide) groups is 1. The van der Waals surface area contributed by atoms with Gasteiger partial charge in [0.25, 0.3) is 0 Å². The van der Waals surface area contributed by atoms with Gasteiger partial charge in [0.15, 0.2) is 11.4 Å². The summed E-state index contributed by atoms with van der Waals surface area (Å²) in [6, 6.07) is 0.190. The summed E-state index contributed by atoms with van der Waals surface area (Å²) in [5.41, 5.74) is 0.225. The molecular weight excluding hydrogens is 276 g/mol. The molecule has 20 heavy (non-hydrogen) atoms. The van der Waals surface area contributed by atoms with E-state index in [0.29, 0.717) is 5.75 Å². The van der Waals surface area contributed by atoms with Gasteiger partial charge in [0.05, 0.1) is 18.3 Å². The van der Waals surface area contributed by atoms with E-state index in [4.69, 9.17) is 4.74 Å². The molecule has 0 spiro atoms. The Hall–Kier alpha value is -1.17. The highest BCUT2D eigenvalue weighted by Crippen LogP contribution is 2.32. The third-order valence-corrected chi connectivity index (χ3v) is 5.21. The van der Waals surface area contributed by atoms with Gasteiger partial charge in [-0.05, 0) is 37.9 Å². The lowest BCUT2D eigenvalue weighted by molar-refractivity contribution is 0.0669. The summed E-state index contributed by atoms with van der Waals surface area (Å²) in [6.07, 6.45) is 8.34. The Morgan fingerprint density at radius 1 is 1.35 bits per heavy atom. The van der Waals surface area contributed by atoms with Gasteiger partial charge in [-0.1, -0.05) is 6.42 Å². The molecule has 1 atom stereocenters.